The first-order chi connectivity index (χ1) is 36.9. The number of H-pyrrole nitrogens is 3. The largest absolute Gasteiger partial charge is 0.382 e. The SMILES string of the molecule is Cc1cn(CC(=O)N(CCN)CC(=O)NCCN(CC(=O)NCCN(CC(=O)NCCN(CC(N)=O)C(=O)Cn2cnc3c(N)ncnc32)C(=O)Cn2cc(C)c(=O)[nH]c2=O)C(=O)Cn2cc(C)c(=O)[nH]c2=O)c(=O)[nH]c1=O. The minimum absolute atomic E-state index is 0.0726. The predicted octanol–water partition coefficient (Wildman–Crippen LogP) is -8.91. The van der Waals surface area contributed by atoms with E-state index in [-0.39, 0.29) is 86.0 Å². The van der Waals surface area contributed by atoms with E-state index >= 15 is 0 Å². The minimum atomic E-state index is -0.938. The molecule has 8 amide bonds. The van der Waals surface area contributed by atoms with Gasteiger partial charge in [-0.25, -0.2) is 29.3 Å². The number of nitrogens with zero attached hydrogens (tertiary/aromatic N) is 11. The average Bonchev–Trinajstić information content (AvgIpc) is 3.80. The molecule has 0 spiro atoms. The van der Waals surface area contributed by atoms with Crippen LogP contribution in [0.5, 0.6) is 0 Å². The number of anilines is 1. The van der Waals surface area contributed by atoms with Gasteiger partial charge in [0.25, 0.3) is 16.7 Å². The maximum Gasteiger partial charge on any atom is 0.328 e. The van der Waals surface area contributed by atoms with E-state index in [9.17, 15) is 67.1 Å². The lowest BCUT2D eigenvalue weighted by Gasteiger charge is -2.25. The van der Waals surface area contributed by atoms with Crippen molar-refractivity contribution in [2.75, 3.05) is 84.3 Å². The molecule has 34 nitrogen and oxygen atoms in total. The summed E-state index contributed by atoms with van der Waals surface area (Å²) in [7, 11) is 0. The summed E-state index contributed by atoms with van der Waals surface area (Å²) >= 11 is 0. The Bertz CT molecular complexity index is 3460. The van der Waals surface area contributed by atoms with Crippen LogP contribution < -0.4 is 66.9 Å². The Balaban J connectivity index is 1.25. The number of rotatable bonds is 27. The van der Waals surface area contributed by atoms with Crippen molar-refractivity contribution in [3.05, 3.63) is 110 Å². The Hall–Kier alpha value is -9.89. The third kappa shape index (κ3) is 16.6. The zero-order valence-corrected chi connectivity index (χ0v) is 42.6. The second-order valence-electron chi connectivity index (χ2n) is 17.5. The number of hydrogen-bond donors (Lipinski definition) is 9. The van der Waals surface area contributed by atoms with Crippen LogP contribution in [0.2, 0.25) is 0 Å². The van der Waals surface area contributed by atoms with E-state index in [0.717, 1.165) is 45.7 Å². The van der Waals surface area contributed by atoms with Crippen molar-refractivity contribution in [3.63, 3.8) is 0 Å². The maximum absolute atomic E-state index is 13.7. The van der Waals surface area contributed by atoms with Crippen LogP contribution in [0.1, 0.15) is 16.7 Å². The van der Waals surface area contributed by atoms with Gasteiger partial charge in [-0.15, -0.1) is 0 Å². The highest BCUT2D eigenvalue weighted by atomic mass is 16.2. The smallest absolute Gasteiger partial charge is 0.328 e. The Morgan fingerprint density at radius 3 is 1.22 bits per heavy atom. The summed E-state index contributed by atoms with van der Waals surface area (Å²) in [5.74, 6) is -6.15. The number of fused-ring (bicyclic) bond motifs is 1. The molecule has 5 aromatic rings. The molecule has 0 aliphatic heterocycles. The van der Waals surface area contributed by atoms with Crippen molar-refractivity contribution in [2.24, 2.45) is 11.5 Å². The lowest BCUT2D eigenvalue weighted by Crippen LogP contribution is -2.50. The van der Waals surface area contributed by atoms with Gasteiger partial charge in [0.15, 0.2) is 11.5 Å². The zero-order valence-electron chi connectivity index (χ0n) is 42.6. The summed E-state index contributed by atoms with van der Waals surface area (Å²) in [6.45, 7) is -2.65. The molecule has 5 aromatic heterocycles. The van der Waals surface area contributed by atoms with E-state index in [0.29, 0.717) is 0 Å². The lowest BCUT2D eigenvalue weighted by molar-refractivity contribution is -0.138. The molecular weight excluding hydrogens is 1030 g/mol. The monoisotopic (exact) mass is 1090 g/mol. The number of carbonyl (C=O) groups excluding carboxylic acids is 8. The summed E-state index contributed by atoms with van der Waals surface area (Å²) in [6.07, 6.45) is 5.92. The maximum atomic E-state index is 13.7. The van der Waals surface area contributed by atoms with E-state index < -0.39 is 133 Å². The van der Waals surface area contributed by atoms with Gasteiger partial charge in [-0.3, -0.25) is 81.4 Å². The van der Waals surface area contributed by atoms with Crippen LogP contribution in [0.15, 0.2) is 60.0 Å². The fraction of sp³-hybridized carbons (Fsp3) is 0.432. The average molecular weight is 1090 g/mol. The number of nitrogens with two attached hydrogens (primary N) is 3. The number of carbonyl (C=O) groups is 8. The van der Waals surface area contributed by atoms with Crippen LogP contribution in [-0.2, 0) is 64.5 Å². The number of aryl methyl sites for hydroxylation is 3. The molecule has 0 saturated carbocycles. The quantitative estimate of drug-likeness (QED) is 0.0236. The van der Waals surface area contributed by atoms with Crippen molar-refractivity contribution < 1.29 is 38.4 Å². The fourth-order valence-corrected chi connectivity index (χ4v) is 7.40. The van der Waals surface area contributed by atoms with Gasteiger partial charge >= 0.3 is 17.1 Å². The van der Waals surface area contributed by atoms with Gasteiger partial charge < -0.3 is 57.3 Å². The minimum Gasteiger partial charge on any atom is -0.382 e. The molecule has 34 heteroatoms. The van der Waals surface area contributed by atoms with E-state index in [2.05, 4.69) is 45.9 Å². The number of aromatic nitrogens is 10. The van der Waals surface area contributed by atoms with E-state index in [1.807, 2.05) is 0 Å². The molecule has 0 saturated heterocycles. The summed E-state index contributed by atoms with van der Waals surface area (Å²) < 4.78 is 4.10. The standard InChI is InChI=1S/C44H58N20O14/c1-25-12-61(42(76)54-39(25)73)19-32(69)57(8-4-45)16-29(66)49-6-10-59(33(70)20-62-13-26(2)40(74)55-43(62)77)18-31(68)50-7-11-60(34(71)21-63-14-27(3)41(75)56-44(63)78)17-30(67)48-5-9-58(15-28(46)65)35(72)22-64-24-53-36-37(47)51-23-52-38(36)64/h12-14,23-24H,4-11,15-22,45H2,1-3H3,(H2,46,65)(H,48,67)(H,49,66)(H,50,68)(H2,47,51,52)(H,54,73,76)(H,55,74,77)(H,56,75,78). The third-order valence-corrected chi connectivity index (χ3v) is 11.5. The lowest BCUT2D eigenvalue weighted by atomic mass is 10.3. The van der Waals surface area contributed by atoms with Gasteiger partial charge in [0.05, 0.1) is 32.5 Å². The Kier molecular flexibility index (Phi) is 20.5. The number of hydrogen-bond acceptors (Lipinski definition) is 19. The first kappa shape index (κ1) is 59.0. The van der Waals surface area contributed by atoms with Gasteiger partial charge in [-0.2, -0.15) is 0 Å². The second kappa shape index (κ2) is 27.1. The molecule has 78 heavy (non-hydrogen) atoms. The molecular formula is C44H58N20O14. The van der Waals surface area contributed by atoms with Gasteiger partial charge in [0, 0.05) is 87.6 Å². The molecule has 0 aliphatic rings. The molecule has 0 aliphatic carbocycles. The van der Waals surface area contributed by atoms with Crippen molar-refractivity contribution in [2.45, 2.75) is 47.0 Å². The topological polar surface area (TPSA) is 472 Å². The van der Waals surface area contributed by atoms with Crippen molar-refractivity contribution in [3.8, 4) is 0 Å². The van der Waals surface area contributed by atoms with Crippen LogP contribution in [0.3, 0.4) is 0 Å². The normalized spacial score (nSPS) is 10.9. The van der Waals surface area contributed by atoms with Crippen LogP contribution in [0.25, 0.3) is 11.2 Å². The van der Waals surface area contributed by atoms with Crippen LogP contribution in [0.4, 0.5) is 5.82 Å². The molecule has 0 atom stereocenters. The summed E-state index contributed by atoms with van der Waals surface area (Å²) in [5.41, 5.74) is 13.0. The molecule has 0 aromatic carbocycles. The number of nitrogen functional groups attached to an aromatic ring is 1. The van der Waals surface area contributed by atoms with E-state index in [1.54, 1.807) is 0 Å². The van der Waals surface area contributed by atoms with Gasteiger partial charge in [-0.05, 0) is 20.8 Å². The van der Waals surface area contributed by atoms with Crippen LogP contribution in [-0.4, -0.2) is 194 Å². The highest BCUT2D eigenvalue weighted by Gasteiger charge is 2.24. The Morgan fingerprint density at radius 2 is 0.859 bits per heavy atom. The molecule has 5 heterocycles. The number of aromatic amines is 3. The number of amides is 8. The highest BCUT2D eigenvalue weighted by Crippen LogP contribution is 2.14. The number of imidazole rings is 1. The van der Waals surface area contributed by atoms with Gasteiger partial charge in [0.2, 0.25) is 47.3 Å². The molecule has 418 valence electrons. The van der Waals surface area contributed by atoms with Gasteiger partial charge in [-0.1, -0.05) is 0 Å². The molecule has 0 fully saturated rings. The Labute approximate surface area is 438 Å². The Morgan fingerprint density at radius 1 is 0.513 bits per heavy atom. The first-order valence-electron chi connectivity index (χ1n) is 23.7. The molecule has 5 rings (SSSR count). The second-order valence-corrected chi connectivity index (χ2v) is 17.5. The van der Waals surface area contributed by atoms with Crippen molar-refractivity contribution in [1.82, 2.24) is 83.7 Å². The number of primary amides is 1. The summed E-state index contributed by atoms with van der Waals surface area (Å²) in [4.78, 5) is 202. The molecule has 0 unspecified atom stereocenters. The summed E-state index contributed by atoms with van der Waals surface area (Å²) in [5, 5.41) is 7.60. The van der Waals surface area contributed by atoms with Crippen molar-refractivity contribution >= 4 is 64.2 Å². The molecule has 0 bridgehead atoms. The van der Waals surface area contributed by atoms with Crippen LogP contribution in [0, 0.1) is 20.8 Å². The number of nitrogens with one attached hydrogen (secondary N) is 6. The molecule has 12 N–H and O–H groups in total. The summed E-state index contributed by atoms with van der Waals surface area (Å²) in [6, 6.07) is 0. The predicted molar refractivity (Wildman–Crippen MR) is 272 cm³/mol. The van der Waals surface area contributed by atoms with Crippen molar-refractivity contribution in [1.29, 1.82) is 0 Å². The zero-order chi connectivity index (χ0) is 57.4. The van der Waals surface area contributed by atoms with E-state index in [1.165, 1.54) is 44.2 Å². The van der Waals surface area contributed by atoms with Gasteiger partial charge in [0.1, 0.15) is 38.0 Å². The van der Waals surface area contributed by atoms with Crippen LogP contribution >= 0.6 is 0 Å². The third-order valence-electron chi connectivity index (χ3n) is 11.5. The highest BCUT2D eigenvalue weighted by molar-refractivity contribution is 5.88. The molecule has 0 radical (unpaired) electrons. The first-order valence-corrected chi connectivity index (χ1v) is 23.7. The fourth-order valence-electron chi connectivity index (χ4n) is 7.40. The van der Waals surface area contributed by atoms with E-state index in [4.69, 9.17) is 17.2 Å².